The van der Waals surface area contributed by atoms with Gasteiger partial charge in [0.25, 0.3) is 5.60 Å². The highest BCUT2D eigenvalue weighted by molar-refractivity contribution is 6.31. The van der Waals surface area contributed by atoms with Gasteiger partial charge >= 0.3 is 12.1 Å². The molecular formula is C12H9ClF3NO3. The molecule has 1 heterocycles. The second-order valence-electron chi connectivity index (χ2n) is 4.09. The Morgan fingerprint density at radius 2 is 2.05 bits per heavy atom. The molecule has 2 rings (SSSR count). The van der Waals surface area contributed by atoms with Crippen LogP contribution >= 0.6 is 11.6 Å². The third-order valence-corrected chi connectivity index (χ3v) is 3.16. The first-order valence-electron chi connectivity index (χ1n) is 5.36. The lowest BCUT2D eigenvalue weighted by atomic mass is 9.92. The van der Waals surface area contributed by atoms with Crippen molar-refractivity contribution >= 4 is 28.5 Å². The molecule has 1 atom stereocenters. The van der Waals surface area contributed by atoms with E-state index >= 15 is 0 Å². The molecule has 0 aliphatic heterocycles. The number of aromatic amines is 1. The SMILES string of the molecule is COC(=O)C(O)(c1c[nH]c2ccc(Cl)cc12)C(F)(F)F. The Kier molecular flexibility index (Phi) is 3.43. The predicted molar refractivity (Wildman–Crippen MR) is 65.3 cm³/mol. The molecule has 0 saturated heterocycles. The van der Waals surface area contributed by atoms with Gasteiger partial charge in [0.05, 0.1) is 7.11 Å². The van der Waals surface area contributed by atoms with E-state index in [1.165, 1.54) is 18.2 Å². The van der Waals surface area contributed by atoms with Gasteiger partial charge in [-0.05, 0) is 18.2 Å². The summed E-state index contributed by atoms with van der Waals surface area (Å²) in [4.78, 5) is 14.0. The Balaban J connectivity index is 2.76. The molecule has 0 spiro atoms. The van der Waals surface area contributed by atoms with E-state index < -0.39 is 23.3 Å². The molecule has 0 radical (unpaired) electrons. The molecule has 0 fully saturated rings. The zero-order valence-corrected chi connectivity index (χ0v) is 10.8. The van der Waals surface area contributed by atoms with Crippen molar-refractivity contribution in [3.63, 3.8) is 0 Å². The third-order valence-electron chi connectivity index (χ3n) is 2.92. The van der Waals surface area contributed by atoms with Gasteiger partial charge in [0.1, 0.15) is 0 Å². The van der Waals surface area contributed by atoms with Crippen LogP contribution in [-0.4, -0.2) is 29.3 Å². The van der Waals surface area contributed by atoms with E-state index in [9.17, 15) is 23.1 Å². The summed E-state index contributed by atoms with van der Waals surface area (Å²) in [5, 5.41) is 10.1. The largest absolute Gasteiger partial charge is 0.466 e. The molecule has 0 amide bonds. The predicted octanol–water partition coefficient (Wildman–Crippen LogP) is 2.74. The summed E-state index contributed by atoms with van der Waals surface area (Å²) in [6, 6.07) is 4.13. The van der Waals surface area contributed by atoms with E-state index in [0.717, 1.165) is 13.3 Å². The Morgan fingerprint density at radius 1 is 1.40 bits per heavy atom. The first kappa shape index (κ1) is 14.7. The molecule has 1 aromatic heterocycles. The molecule has 1 aromatic carbocycles. The van der Waals surface area contributed by atoms with Crippen molar-refractivity contribution in [3.8, 4) is 0 Å². The Labute approximate surface area is 116 Å². The zero-order valence-electron chi connectivity index (χ0n) is 10.1. The van der Waals surface area contributed by atoms with E-state index in [-0.39, 0.29) is 10.4 Å². The van der Waals surface area contributed by atoms with Gasteiger partial charge in [-0.2, -0.15) is 13.2 Å². The second kappa shape index (κ2) is 4.68. The first-order valence-corrected chi connectivity index (χ1v) is 5.74. The van der Waals surface area contributed by atoms with Crippen LogP contribution in [0.4, 0.5) is 13.2 Å². The van der Waals surface area contributed by atoms with Crippen LogP contribution in [0.3, 0.4) is 0 Å². The number of benzene rings is 1. The van der Waals surface area contributed by atoms with Crippen LogP contribution in [-0.2, 0) is 15.1 Å². The number of nitrogens with one attached hydrogen (secondary N) is 1. The topological polar surface area (TPSA) is 62.3 Å². The fourth-order valence-corrected chi connectivity index (χ4v) is 2.09. The van der Waals surface area contributed by atoms with Crippen LogP contribution in [0, 0.1) is 0 Å². The highest BCUT2D eigenvalue weighted by Crippen LogP contribution is 2.43. The number of carbonyl (C=O) groups is 1. The molecule has 0 aliphatic carbocycles. The van der Waals surface area contributed by atoms with Crippen molar-refractivity contribution in [3.05, 3.63) is 35.0 Å². The minimum absolute atomic E-state index is 0.0114. The number of fused-ring (bicyclic) bond motifs is 1. The number of hydrogen-bond donors (Lipinski definition) is 2. The molecule has 0 bridgehead atoms. The number of H-pyrrole nitrogens is 1. The Bertz CT molecular complexity index is 668. The number of hydrogen-bond acceptors (Lipinski definition) is 3. The van der Waals surface area contributed by atoms with Crippen molar-refractivity contribution in [1.29, 1.82) is 0 Å². The van der Waals surface area contributed by atoms with Crippen molar-refractivity contribution < 1.29 is 27.8 Å². The lowest BCUT2D eigenvalue weighted by Gasteiger charge is -2.27. The van der Waals surface area contributed by atoms with Gasteiger partial charge in [-0.25, -0.2) is 4.79 Å². The number of halogens is 4. The minimum Gasteiger partial charge on any atom is -0.466 e. The maximum absolute atomic E-state index is 13.1. The highest BCUT2D eigenvalue weighted by Gasteiger charge is 2.62. The normalized spacial score (nSPS) is 15.1. The molecule has 20 heavy (non-hydrogen) atoms. The first-order chi connectivity index (χ1) is 9.21. The molecule has 0 aliphatic rings. The standard InChI is InChI=1S/C12H9ClF3NO3/c1-20-10(18)11(19,12(14,15)16)8-5-17-9-3-2-6(13)4-7(8)9/h2-5,17,19H,1H3. The van der Waals surface area contributed by atoms with Gasteiger partial charge in [0.2, 0.25) is 0 Å². The van der Waals surface area contributed by atoms with Crippen LogP contribution in [0.25, 0.3) is 10.9 Å². The van der Waals surface area contributed by atoms with Crippen molar-refractivity contribution in [2.75, 3.05) is 7.11 Å². The Hall–Kier alpha value is -1.73. The molecule has 2 N–H and O–H groups in total. The maximum atomic E-state index is 13.1. The van der Waals surface area contributed by atoms with Crippen LogP contribution in [0.2, 0.25) is 5.02 Å². The number of aromatic nitrogens is 1. The molecular weight excluding hydrogens is 299 g/mol. The van der Waals surface area contributed by atoms with E-state index in [1.807, 2.05) is 0 Å². The van der Waals surface area contributed by atoms with E-state index in [2.05, 4.69) is 9.72 Å². The monoisotopic (exact) mass is 307 g/mol. The lowest BCUT2D eigenvalue weighted by Crippen LogP contribution is -2.49. The smallest absolute Gasteiger partial charge is 0.432 e. The summed E-state index contributed by atoms with van der Waals surface area (Å²) in [5.41, 5.74) is -4.12. The van der Waals surface area contributed by atoms with Gasteiger partial charge in [0, 0.05) is 27.7 Å². The van der Waals surface area contributed by atoms with E-state index in [1.54, 1.807) is 0 Å². The van der Waals surface area contributed by atoms with Gasteiger partial charge in [-0.1, -0.05) is 11.6 Å². The fraction of sp³-hybridized carbons (Fsp3) is 0.250. The molecule has 108 valence electrons. The van der Waals surface area contributed by atoms with Crippen LogP contribution in [0.5, 0.6) is 0 Å². The number of ether oxygens (including phenoxy) is 1. The van der Waals surface area contributed by atoms with Gasteiger partial charge in [0.15, 0.2) is 0 Å². The molecule has 2 aromatic rings. The average Bonchev–Trinajstić information content (AvgIpc) is 2.78. The lowest BCUT2D eigenvalue weighted by molar-refractivity contribution is -0.266. The summed E-state index contributed by atoms with van der Waals surface area (Å²) < 4.78 is 43.5. The molecule has 8 heteroatoms. The minimum atomic E-state index is -5.24. The third kappa shape index (κ3) is 2.03. The van der Waals surface area contributed by atoms with E-state index in [4.69, 9.17) is 11.6 Å². The molecule has 0 saturated carbocycles. The number of aliphatic hydroxyl groups is 1. The van der Waals surface area contributed by atoms with Crippen LogP contribution in [0.15, 0.2) is 24.4 Å². The van der Waals surface area contributed by atoms with Gasteiger partial charge < -0.3 is 14.8 Å². The van der Waals surface area contributed by atoms with Gasteiger partial charge in [-0.15, -0.1) is 0 Å². The quantitative estimate of drug-likeness (QED) is 0.839. The summed E-state index contributed by atoms with van der Waals surface area (Å²) in [5.74, 6) is -1.81. The number of alkyl halides is 3. The van der Waals surface area contributed by atoms with Gasteiger partial charge in [-0.3, -0.25) is 0 Å². The number of esters is 1. The number of carbonyl (C=O) groups excluding carboxylic acids is 1. The summed E-state index contributed by atoms with van der Waals surface area (Å²) >= 11 is 5.73. The number of methoxy groups -OCH3 is 1. The summed E-state index contributed by atoms with van der Waals surface area (Å²) in [6.45, 7) is 0. The summed E-state index contributed by atoms with van der Waals surface area (Å²) in [7, 11) is 0.765. The van der Waals surface area contributed by atoms with Crippen LogP contribution in [0.1, 0.15) is 5.56 Å². The van der Waals surface area contributed by atoms with Crippen molar-refractivity contribution in [1.82, 2.24) is 4.98 Å². The number of rotatable bonds is 2. The van der Waals surface area contributed by atoms with Crippen molar-refractivity contribution in [2.24, 2.45) is 0 Å². The highest BCUT2D eigenvalue weighted by atomic mass is 35.5. The Morgan fingerprint density at radius 3 is 2.60 bits per heavy atom. The summed E-state index contributed by atoms with van der Waals surface area (Å²) in [6.07, 6.45) is -4.33. The second-order valence-corrected chi connectivity index (χ2v) is 4.53. The maximum Gasteiger partial charge on any atom is 0.432 e. The molecule has 1 unspecified atom stereocenters. The molecule has 4 nitrogen and oxygen atoms in total. The fourth-order valence-electron chi connectivity index (χ4n) is 1.92. The van der Waals surface area contributed by atoms with Crippen molar-refractivity contribution in [2.45, 2.75) is 11.8 Å². The average molecular weight is 308 g/mol. The van der Waals surface area contributed by atoms with Crippen LogP contribution < -0.4 is 0 Å². The van der Waals surface area contributed by atoms with E-state index in [0.29, 0.717) is 5.52 Å². The zero-order chi connectivity index (χ0) is 15.1.